The maximum Gasteiger partial charge on any atom is 0.224 e. The summed E-state index contributed by atoms with van der Waals surface area (Å²) in [6.07, 6.45) is 7.72. The Kier molecular flexibility index (Phi) is 6.48. The van der Waals surface area contributed by atoms with Crippen molar-refractivity contribution in [3.05, 3.63) is 85.1 Å². The van der Waals surface area contributed by atoms with E-state index in [-0.39, 0.29) is 11.7 Å². The molecule has 204 valence electrons. The average molecular weight is 546 g/mol. The van der Waals surface area contributed by atoms with Crippen molar-refractivity contribution in [3.63, 3.8) is 0 Å². The van der Waals surface area contributed by atoms with Gasteiger partial charge in [-0.1, -0.05) is 18.2 Å². The summed E-state index contributed by atoms with van der Waals surface area (Å²) in [5, 5.41) is 15.8. The monoisotopic (exact) mass is 545 g/mol. The summed E-state index contributed by atoms with van der Waals surface area (Å²) < 4.78 is 14.6. The van der Waals surface area contributed by atoms with Gasteiger partial charge in [0.05, 0.1) is 28.8 Å². The molecule has 4 aromatic heterocycles. The molecule has 1 amide bonds. The molecular weight excluding hydrogens is 517 g/mol. The number of rotatable bonds is 6. The fraction of sp³-hybridized carbons (Fsp3) is 0.188. The van der Waals surface area contributed by atoms with Crippen molar-refractivity contribution in [2.24, 2.45) is 5.92 Å². The predicted octanol–water partition coefficient (Wildman–Crippen LogP) is 6.30. The van der Waals surface area contributed by atoms with Gasteiger partial charge in [0.2, 0.25) is 5.91 Å². The van der Waals surface area contributed by atoms with Crippen molar-refractivity contribution >= 4 is 33.4 Å². The molecule has 41 heavy (non-hydrogen) atoms. The standard InChI is InChI=1S/C32H28FN7O/c33-26-4-2-1-3-23(26)31-25-16-29(38-27(25)9-12-36-31)32-24-15-20(5-6-28(24)39-40-32)21-14-22(18-35-17-21)37-30(41)13-19-7-10-34-11-8-19/h1-6,9,12,14-19,34,38H,7-8,10-11,13H2,(H,37,41)(H,39,40). The van der Waals surface area contributed by atoms with Gasteiger partial charge in [-0.3, -0.25) is 19.9 Å². The van der Waals surface area contributed by atoms with E-state index in [1.807, 2.05) is 30.3 Å². The Morgan fingerprint density at radius 3 is 2.66 bits per heavy atom. The normalized spacial score (nSPS) is 14.1. The van der Waals surface area contributed by atoms with Crippen molar-refractivity contribution in [1.29, 1.82) is 0 Å². The zero-order chi connectivity index (χ0) is 27.8. The minimum Gasteiger partial charge on any atom is -0.353 e. The largest absolute Gasteiger partial charge is 0.353 e. The van der Waals surface area contributed by atoms with Gasteiger partial charge in [-0.25, -0.2) is 4.39 Å². The van der Waals surface area contributed by atoms with E-state index >= 15 is 0 Å². The molecule has 2 aromatic carbocycles. The number of carbonyl (C=O) groups excluding carboxylic acids is 1. The number of benzene rings is 2. The van der Waals surface area contributed by atoms with Gasteiger partial charge in [-0.15, -0.1) is 0 Å². The first-order valence-electron chi connectivity index (χ1n) is 13.8. The molecule has 0 atom stereocenters. The molecule has 9 heteroatoms. The zero-order valence-corrected chi connectivity index (χ0v) is 22.2. The second-order valence-electron chi connectivity index (χ2n) is 10.5. The summed E-state index contributed by atoms with van der Waals surface area (Å²) in [7, 11) is 0. The Bertz CT molecular complexity index is 1890. The molecule has 1 fully saturated rings. The summed E-state index contributed by atoms with van der Waals surface area (Å²) in [5.41, 5.74) is 6.82. The number of carbonyl (C=O) groups is 1. The first-order valence-corrected chi connectivity index (χ1v) is 13.8. The van der Waals surface area contributed by atoms with E-state index in [1.165, 1.54) is 6.07 Å². The Hall–Kier alpha value is -4.89. The number of aromatic nitrogens is 5. The molecule has 1 saturated heterocycles. The van der Waals surface area contributed by atoms with Crippen molar-refractivity contribution < 1.29 is 9.18 Å². The summed E-state index contributed by atoms with van der Waals surface area (Å²) in [6, 6.07) is 18.5. The third-order valence-corrected chi connectivity index (χ3v) is 7.78. The van der Waals surface area contributed by atoms with Crippen LogP contribution in [0.5, 0.6) is 0 Å². The SMILES string of the molecule is O=C(CC1CCNCC1)Nc1cncc(-c2ccc3[nH]nc(-c4cc5c(-c6ccccc6F)nccc5[nH]4)c3c2)c1. The topological polar surface area (TPSA) is 111 Å². The number of hydrogen-bond donors (Lipinski definition) is 4. The number of amides is 1. The van der Waals surface area contributed by atoms with Crippen LogP contribution in [0, 0.1) is 11.7 Å². The Balaban J connectivity index is 1.20. The minimum atomic E-state index is -0.316. The van der Waals surface area contributed by atoms with E-state index in [0.29, 0.717) is 29.3 Å². The third kappa shape index (κ3) is 4.96. The van der Waals surface area contributed by atoms with Crippen LogP contribution in [0.1, 0.15) is 19.3 Å². The molecule has 8 nitrogen and oxygen atoms in total. The van der Waals surface area contributed by atoms with Gasteiger partial charge in [0, 0.05) is 46.2 Å². The van der Waals surface area contributed by atoms with E-state index in [0.717, 1.165) is 70.3 Å². The van der Waals surface area contributed by atoms with E-state index in [2.05, 4.69) is 41.8 Å². The second kappa shape index (κ2) is 10.6. The number of piperidine rings is 1. The molecule has 0 unspecified atom stereocenters. The lowest BCUT2D eigenvalue weighted by Crippen LogP contribution is -2.30. The number of fused-ring (bicyclic) bond motifs is 2. The van der Waals surface area contributed by atoms with Crippen LogP contribution in [0.3, 0.4) is 0 Å². The van der Waals surface area contributed by atoms with E-state index in [4.69, 9.17) is 0 Å². The van der Waals surface area contributed by atoms with Gasteiger partial charge in [0.15, 0.2) is 0 Å². The fourth-order valence-corrected chi connectivity index (χ4v) is 5.67. The van der Waals surface area contributed by atoms with Crippen LogP contribution in [0.15, 0.2) is 79.3 Å². The molecule has 0 spiro atoms. The number of halogens is 1. The molecule has 1 aliphatic heterocycles. The van der Waals surface area contributed by atoms with Gasteiger partial charge in [-0.05, 0) is 79.9 Å². The first kappa shape index (κ1) is 25.1. The molecule has 5 heterocycles. The highest BCUT2D eigenvalue weighted by molar-refractivity contribution is 6.01. The maximum absolute atomic E-state index is 14.6. The van der Waals surface area contributed by atoms with Gasteiger partial charge < -0.3 is 15.6 Å². The van der Waals surface area contributed by atoms with Crippen molar-refractivity contribution in [1.82, 2.24) is 30.5 Å². The maximum atomic E-state index is 14.6. The highest BCUT2D eigenvalue weighted by atomic mass is 19.1. The number of pyridine rings is 2. The lowest BCUT2D eigenvalue weighted by Gasteiger charge is -2.21. The predicted molar refractivity (Wildman–Crippen MR) is 159 cm³/mol. The number of nitrogens with one attached hydrogen (secondary N) is 4. The van der Waals surface area contributed by atoms with Crippen LogP contribution in [0.2, 0.25) is 0 Å². The summed E-state index contributed by atoms with van der Waals surface area (Å²) in [5.74, 6) is 0.118. The van der Waals surface area contributed by atoms with Crippen molar-refractivity contribution in [2.75, 3.05) is 18.4 Å². The van der Waals surface area contributed by atoms with Crippen LogP contribution < -0.4 is 10.6 Å². The van der Waals surface area contributed by atoms with Gasteiger partial charge in [0.25, 0.3) is 0 Å². The van der Waals surface area contributed by atoms with Crippen LogP contribution >= 0.6 is 0 Å². The van der Waals surface area contributed by atoms with Crippen molar-refractivity contribution in [2.45, 2.75) is 19.3 Å². The van der Waals surface area contributed by atoms with E-state index in [9.17, 15) is 9.18 Å². The van der Waals surface area contributed by atoms with Crippen molar-refractivity contribution in [3.8, 4) is 33.8 Å². The highest BCUT2D eigenvalue weighted by Crippen LogP contribution is 2.35. The molecule has 7 rings (SSSR count). The van der Waals surface area contributed by atoms with Crippen LogP contribution in [-0.4, -0.2) is 44.1 Å². The molecule has 4 N–H and O–H groups in total. The lowest BCUT2D eigenvalue weighted by atomic mass is 9.94. The quantitative estimate of drug-likeness (QED) is 0.196. The Morgan fingerprint density at radius 2 is 1.78 bits per heavy atom. The highest BCUT2D eigenvalue weighted by Gasteiger charge is 2.18. The minimum absolute atomic E-state index is 0.0199. The van der Waals surface area contributed by atoms with Crippen LogP contribution in [0.4, 0.5) is 10.1 Å². The number of aromatic amines is 2. The number of hydrogen-bond acceptors (Lipinski definition) is 5. The van der Waals surface area contributed by atoms with Gasteiger partial charge >= 0.3 is 0 Å². The average Bonchev–Trinajstić information content (AvgIpc) is 3.62. The molecule has 1 aliphatic rings. The molecule has 0 radical (unpaired) electrons. The summed E-state index contributed by atoms with van der Waals surface area (Å²) in [6.45, 7) is 1.94. The second-order valence-corrected chi connectivity index (χ2v) is 10.5. The lowest BCUT2D eigenvalue weighted by molar-refractivity contribution is -0.117. The molecule has 6 aromatic rings. The zero-order valence-electron chi connectivity index (χ0n) is 22.2. The molecule has 0 saturated carbocycles. The molecule has 0 bridgehead atoms. The third-order valence-electron chi connectivity index (χ3n) is 7.78. The van der Waals surface area contributed by atoms with Gasteiger partial charge in [-0.2, -0.15) is 5.10 Å². The fourth-order valence-electron chi connectivity index (χ4n) is 5.67. The summed E-state index contributed by atoms with van der Waals surface area (Å²) in [4.78, 5) is 25.0. The van der Waals surface area contributed by atoms with Gasteiger partial charge in [0.1, 0.15) is 11.5 Å². The number of nitrogens with zero attached hydrogens (tertiary/aromatic N) is 3. The van der Waals surface area contributed by atoms with E-state index < -0.39 is 0 Å². The summed E-state index contributed by atoms with van der Waals surface area (Å²) >= 11 is 0. The number of anilines is 1. The Labute approximate surface area is 235 Å². The smallest absolute Gasteiger partial charge is 0.224 e. The van der Waals surface area contributed by atoms with Crippen LogP contribution in [-0.2, 0) is 4.79 Å². The first-order chi connectivity index (χ1) is 20.1. The Morgan fingerprint density at radius 1 is 0.927 bits per heavy atom. The van der Waals surface area contributed by atoms with Crippen LogP contribution in [0.25, 0.3) is 55.6 Å². The van der Waals surface area contributed by atoms with E-state index in [1.54, 1.807) is 36.8 Å². The number of H-pyrrole nitrogens is 2. The molecular formula is C32H28FN7O. The molecule has 0 aliphatic carbocycles.